The molecule has 1 heterocycles. The van der Waals surface area contributed by atoms with Gasteiger partial charge in [0.2, 0.25) is 0 Å². The number of halogens is 2. The first kappa shape index (κ1) is 16.1. The Bertz CT molecular complexity index is 419. The molecule has 2 nitrogen and oxygen atoms in total. The molecule has 0 amide bonds. The number of benzene rings is 1. The van der Waals surface area contributed by atoms with Crippen LogP contribution in [0.5, 0.6) is 0 Å². The molecule has 0 aromatic heterocycles. The molecule has 1 aromatic rings. The van der Waals surface area contributed by atoms with Gasteiger partial charge in [0.25, 0.3) is 0 Å². The van der Waals surface area contributed by atoms with E-state index in [-0.39, 0.29) is 12.2 Å². The maximum absolute atomic E-state index is 13.1. The van der Waals surface area contributed by atoms with Crippen LogP contribution in [0.25, 0.3) is 0 Å². The average Bonchev–Trinajstić information content (AvgIpc) is 2.82. The zero-order valence-corrected chi connectivity index (χ0v) is 11.9. The van der Waals surface area contributed by atoms with Crippen LogP contribution in [-0.2, 0) is 10.3 Å². The van der Waals surface area contributed by atoms with Crippen molar-refractivity contribution in [3.05, 3.63) is 35.4 Å². The van der Waals surface area contributed by atoms with E-state index in [0.29, 0.717) is 12.0 Å². The molecule has 1 aromatic carbocycles. The zero-order chi connectivity index (χ0) is 14.6. The molecule has 0 spiro atoms. The van der Waals surface area contributed by atoms with Crippen molar-refractivity contribution >= 4 is 0 Å². The maximum Gasteiger partial charge on any atom is 0.159 e. The van der Waals surface area contributed by atoms with E-state index in [0.717, 1.165) is 18.6 Å². The van der Waals surface area contributed by atoms with Crippen molar-refractivity contribution in [3.8, 4) is 0 Å². The lowest BCUT2D eigenvalue weighted by Crippen LogP contribution is -2.36. The fourth-order valence-electron chi connectivity index (χ4n) is 2.21. The Morgan fingerprint density at radius 2 is 1.84 bits per heavy atom. The standard InChI is InChI=1S/C13H16F2O2.C2H6/c1-8-3-6-12(17-8)13(2,16)9-4-5-10(14)11(15)7-9;1-2/h4-5,7-8,12,16H,3,6H2,1-2H3;1-2H3/t8?,12?,13-;/m1./s1. The molecule has 4 heteroatoms. The van der Waals surface area contributed by atoms with Gasteiger partial charge in [-0.25, -0.2) is 8.78 Å². The van der Waals surface area contributed by atoms with Crippen molar-refractivity contribution in [1.82, 2.24) is 0 Å². The van der Waals surface area contributed by atoms with Crippen LogP contribution in [0.3, 0.4) is 0 Å². The topological polar surface area (TPSA) is 29.5 Å². The lowest BCUT2D eigenvalue weighted by atomic mass is 9.88. The van der Waals surface area contributed by atoms with Crippen molar-refractivity contribution < 1.29 is 18.6 Å². The summed E-state index contributed by atoms with van der Waals surface area (Å²) in [6.45, 7) is 7.50. The minimum Gasteiger partial charge on any atom is -0.383 e. The normalized spacial score (nSPS) is 25.4. The highest BCUT2D eigenvalue weighted by Gasteiger charge is 2.39. The fourth-order valence-corrected chi connectivity index (χ4v) is 2.21. The van der Waals surface area contributed by atoms with E-state index >= 15 is 0 Å². The van der Waals surface area contributed by atoms with E-state index < -0.39 is 17.2 Å². The number of hydrogen-bond acceptors (Lipinski definition) is 2. The van der Waals surface area contributed by atoms with Gasteiger partial charge in [-0.1, -0.05) is 19.9 Å². The molecule has 19 heavy (non-hydrogen) atoms. The van der Waals surface area contributed by atoms with E-state index in [9.17, 15) is 13.9 Å². The largest absolute Gasteiger partial charge is 0.383 e. The summed E-state index contributed by atoms with van der Waals surface area (Å²) in [5.74, 6) is -1.86. The predicted molar refractivity (Wildman–Crippen MR) is 70.8 cm³/mol. The summed E-state index contributed by atoms with van der Waals surface area (Å²) < 4.78 is 31.6. The summed E-state index contributed by atoms with van der Waals surface area (Å²) >= 11 is 0. The highest BCUT2D eigenvalue weighted by Crippen LogP contribution is 2.35. The van der Waals surface area contributed by atoms with Gasteiger partial charge in [-0.2, -0.15) is 0 Å². The third-order valence-corrected chi connectivity index (χ3v) is 3.36. The van der Waals surface area contributed by atoms with E-state index in [4.69, 9.17) is 4.74 Å². The maximum atomic E-state index is 13.1. The van der Waals surface area contributed by atoms with Crippen molar-refractivity contribution in [2.45, 2.75) is 58.3 Å². The van der Waals surface area contributed by atoms with Crippen LogP contribution in [0, 0.1) is 11.6 Å². The zero-order valence-electron chi connectivity index (χ0n) is 11.9. The minimum atomic E-state index is -1.29. The molecule has 0 bridgehead atoms. The van der Waals surface area contributed by atoms with E-state index in [2.05, 4.69) is 0 Å². The first-order chi connectivity index (χ1) is 8.91. The first-order valence-electron chi connectivity index (χ1n) is 6.74. The summed E-state index contributed by atoms with van der Waals surface area (Å²) in [6, 6.07) is 3.45. The number of ether oxygens (including phenoxy) is 1. The molecule has 1 saturated heterocycles. The molecule has 108 valence electrons. The Balaban J connectivity index is 0.000000861. The van der Waals surface area contributed by atoms with Gasteiger partial charge in [-0.05, 0) is 44.4 Å². The van der Waals surface area contributed by atoms with Crippen LogP contribution in [0.1, 0.15) is 46.1 Å². The smallest absolute Gasteiger partial charge is 0.159 e. The summed E-state index contributed by atoms with van der Waals surface area (Å²) in [5, 5.41) is 10.4. The molecule has 0 saturated carbocycles. The van der Waals surface area contributed by atoms with Crippen molar-refractivity contribution in [2.75, 3.05) is 0 Å². The van der Waals surface area contributed by atoms with Crippen molar-refractivity contribution in [3.63, 3.8) is 0 Å². The Morgan fingerprint density at radius 1 is 1.21 bits per heavy atom. The summed E-state index contributed by atoms with van der Waals surface area (Å²) in [5.41, 5.74) is -0.949. The van der Waals surface area contributed by atoms with Gasteiger partial charge in [-0.15, -0.1) is 0 Å². The second kappa shape index (κ2) is 6.44. The third-order valence-electron chi connectivity index (χ3n) is 3.36. The van der Waals surface area contributed by atoms with Crippen LogP contribution >= 0.6 is 0 Å². The number of aliphatic hydroxyl groups is 1. The van der Waals surface area contributed by atoms with Crippen molar-refractivity contribution in [2.24, 2.45) is 0 Å². The number of rotatable bonds is 2. The monoisotopic (exact) mass is 272 g/mol. The van der Waals surface area contributed by atoms with Crippen LogP contribution in [0.4, 0.5) is 8.78 Å². The van der Waals surface area contributed by atoms with E-state index in [1.165, 1.54) is 6.07 Å². The van der Waals surface area contributed by atoms with Crippen LogP contribution < -0.4 is 0 Å². The second-order valence-electron chi connectivity index (χ2n) is 4.79. The van der Waals surface area contributed by atoms with Gasteiger partial charge in [0.1, 0.15) is 5.60 Å². The van der Waals surface area contributed by atoms with Gasteiger partial charge >= 0.3 is 0 Å². The molecular formula is C15H22F2O2. The lowest BCUT2D eigenvalue weighted by molar-refractivity contribution is -0.0945. The predicted octanol–water partition coefficient (Wildman–Crippen LogP) is 3.77. The molecule has 3 atom stereocenters. The number of hydrogen-bond donors (Lipinski definition) is 1. The van der Waals surface area contributed by atoms with Crippen LogP contribution in [0.15, 0.2) is 18.2 Å². The van der Waals surface area contributed by atoms with E-state index in [1.54, 1.807) is 6.92 Å². The van der Waals surface area contributed by atoms with Gasteiger partial charge in [-0.3, -0.25) is 0 Å². The second-order valence-corrected chi connectivity index (χ2v) is 4.79. The van der Waals surface area contributed by atoms with Gasteiger partial charge in [0, 0.05) is 0 Å². The fraction of sp³-hybridized carbons (Fsp3) is 0.600. The Morgan fingerprint density at radius 3 is 2.32 bits per heavy atom. The molecule has 2 unspecified atom stereocenters. The van der Waals surface area contributed by atoms with Gasteiger partial charge in [0.05, 0.1) is 12.2 Å². The summed E-state index contributed by atoms with van der Waals surface area (Å²) in [4.78, 5) is 0. The quantitative estimate of drug-likeness (QED) is 0.888. The molecular weight excluding hydrogens is 250 g/mol. The Kier molecular flexibility index (Phi) is 5.44. The minimum absolute atomic E-state index is 0.0942. The average molecular weight is 272 g/mol. The highest BCUT2D eigenvalue weighted by molar-refractivity contribution is 5.25. The Labute approximate surface area is 113 Å². The van der Waals surface area contributed by atoms with Gasteiger partial charge < -0.3 is 9.84 Å². The molecule has 1 fully saturated rings. The van der Waals surface area contributed by atoms with E-state index in [1.807, 2.05) is 20.8 Å². The molecule has 1 aliphatic heterocycles. The lowest BCUT2D eigenvalue weighted by Gasteiger charge is -2.30. The summed E-state index contributed by atoms with van der Waals surface area (Å²) in [7, 11) is 0. The highest BCUT2D eigenvalue weighted by atomic mass is 19.2. The molecule has 0 radical (unpaired) electrons. The SMILES string of the molecule is CC.CC1CCC([C@](C)(O)c2ccc(F)c(F)c2)O1. The van der Waals surface area contributed by atoms with Gasteiger partial charge in [0.15, 0.2) is 11.6 Å². The third kappa shape index (κ3) is 3.51. The summed E-state index contributed by atoms with van der Waals surface area (Å²) in [6.07, 6.45) is 1.30. The van der Waals surface area contributed by atoms with Crippen LogP contribution in [-0.4, -0.2) is 17.3 Å². The van der Waals surface area contributed by atoms with Crippen molar-refractivity contribution in [1.29, 1.82) is 0 Å². The molecule has 0 aliphatic carbocycles. The Hall–Kier alpha value is -1.00. The molecule has 1 aliphatic rings. The molecule has 2 rings (SSSR count). The first-order valence-corrected chi connectivity index (χ1v) is 6.74. The molecule has 1 N–H and O–H groups in total. The van der Waals surface area contributed by atoms with Crippen LogP contribution in [0.2, 0.25) is 0 Å².